The number of nitrogens with zero attached hydrogens (tertiary/aromatic N) is 2. The lowest BCUT2D eigenvalue weighted by Gasteiger charge is -2.09. The average molecular weight is 436 g/mol. The minimum atomic E-state index is -0.540. The molecule has 0 spiro atoms. The number of methoxy groups -OCH3 is 2. The maximum atomic E-state index is 12.6. The Balaban J connectivity index is 1.77. The largest absolute Gasteiger partial charge is 0.497 e. The van der Waals surface area contributed by atoms with Gasteiger partial charge < -0.3 is 14.2 Å². The Morgan fingerprint density at radius 2 is 2.03 bits per heavy atom. The van der Waals surface area contributed by atoms with Crippen LogP contribution in [0.15, 0.2) is 53.4 Å². The molecule has 0 aliphatic rings. The molecule has 0 bridgehead atoms. The molecule has 1 N–H and O–H groups in total. The number of nitrogens with one attached hydrogen (secondary N) is 1. The van der Waals surface area contributed by atoms with Gasteiger partial charge in [0.15, 0.2) is 16.6 Å². The van der Waals surface area contributed by atoms with Crippen molar-refractivity contribution in [1.29, 1.82) is 5.26 Å². The molecular weight excluding hydrogens is 414 g/mol. The standard InChI is InChI=1S/C23H21N3O4S/c1-4-30-20-9-8-15(11-21(20)29-3)10-17(13-24)22(27)26-23-25-19(14-31-23)16-6-5-7-18(12-16)28-2/h5-12,14H,4H2,1-3H3,(H,25,26,27)/b17-10+. The highest BCUT2D eigenvalue weighted by atomic mass is 32.1. The molecule has 7 nitrogen and oxygen atoms in total. The van der Waals surface area contributed by atoms with Gasteiger partial charge in [-0.3, -0.25) is 10.1 Å². The molecule has 158 valence electrons. The summed E-state index contributed by atoms with van der Waals surface area (Å²) in [5, 5.41) is 14.4. The summed E-state index contributed by atoms with van der Waals surface area (Å²) in [6.07, 6.45) is 1.49. The molecule has 31 heavy (non-hydrogen) atoms. The zero-order valence-electron chi connectivity index (χ0n) is 17.3. The number of hydrogen-bond acceptors (Lipinski definition) is 7. The molecular formula is C23H21N3O4S. The molecule has 0 saturated heterocycles. The Morgan fingerprint density at radius 3 is 2.74 bits per heavy atom. The quantitative estimate of drug-likeness (QED) is 0.405. The summed E-state index contributed by atoms with van der Waals surface area (Å²) in [4.78, 5) is 17.0. The number of amides is 1. The molecule has 0 aliphatic carbocycles. The minimum Gasteiger partial charge on any atom is -0.497 e. The van der Waals surface area contributed by atoms with Gasteiger partial charge in [0.25, 0.3) is 5.91 Å². The van der Waals surface area contributed by atoms with E-state index < -0.39 is 5.91 Å². The van der Waals surface area contributed by atoms with Crippen LogP contribution in [0.5, 0.6) is 17.2 Å². The van der Waals surface area contributed by atoms with Gasteiger partial charge in [-0.1, -0.05) is 18.2 Å². The molecule has 3 aromatic rings. The SMILES string of the molecule is CCOc1ccc(/C=C(\C#N)C(=O)Nc2nc(-c3cccc(OC)c3)cs2)cc1OC. The van der Waals surface area contributed by atoms with Crippen LogP contribution in [-0.2, 0) is 4.79 Å². The Labute approximate surface area is 184 Å². The van der Waals surface area contributed by atoms with Crippen molar-refractivity contribution in [2.75, 3.05) is 26.1 Å². The number of ether oxygens (including phenoxy) is 3. The molecule has 0 saturated carbocycles. The first-order valence-corrected chi connectivity index (χ1v) is 10.3. The third-order valence-corrected chi connectivity index (χ3v) is 5.01. The Kier molecular flexibility index (Phi) is 7.25. The van der Waals surface area contributed by atoms with Gasteiger partial charge in [0, 0.05) is 10.9 Å². The maximum Gasteiger partial charge on any atom is 0.268 e. The Hall–Kier alpha value is -3.83. The van der Waals surface area contributed by atoms with E-state index in [0.717, 1.165) is 11.3 Å². The molecule has 8 heteroatoms. The molecule has 0 aliphatic heterocycles. The van der Waals surface area contributed by atoms with Crippen LogP contribution in [0.2, 0.25) is 0 Å². The lowest BCUT2D eigenvalue weighted by Crippen LogP contribution is -2.13. The molecule has 1 aromatic heterocycles. The summed E-state index contributed by atoms with van der Waals surface area (Å²) in [6, 6.07) is 14.6. The average Bonchev–Trinajstić information content (AvgIpc) is 3.26. The van der Waals surface area contributed by atoms with Crippen molar-refractivity contribution in [3.05, 3.63) is 59.0 Å². The maximum absolute atomic E-state index is 12.6. The van der Waals surface area contributed by atoms with Gasteiger partial charge >= 0.3 is 0 Å². The van der Waals surface area contributed by atoms with E-state index in [9.17, 15) is 10.1 Å². The van der Waals surface area contributed by atoms with Crippen LogP contribution in [-0.4, -0.2) is 31.7 Å². The molecule has 3 rings (SSSR count). The van der Waals surface area contributed by atoms with Crippen molar-refractivity contribution in [1.82, 2.24) is 4.98 Å². The number of carbonyl (C=O) groups excluding carboxylic acids is 1. The number of carbonyl (C=O) groups is 1. The zero-order chi connectivity index (χ0) is 22.2. The van der Waals surface area contributed by atoms with E-state index >= 15 is 0 Å². The van der Waals surface area contributed by atoms with Crippen molar-refractivity contribution in [3.8, 4) is 34.6 Å². The predicted molar refractivity (Wildman–Crippen MR) is 120 cm³/mol. The molecule has 0 unspecified atom stereocenters. The van der Waals surface area contributed by atoms with Gasteiger partial charge in [-0.2, -0.15) is 5.26 Å². The first kappa shape index (κ1) is 21.9. The van der Waals surface area contributed by atoms with Gasteiger partial charge in [-0.05, 0) is 42.8 Å². The number of hydrogen-bond donors (Lipinski definition) is 1. The number of thiazole rings is 1. The van der Waals surface area contributed by atoms with E-state index in [2.05, 4.69) is 10.3 Å². The van der Waals surface area contributed by atoms with Crippen molar-refractivity contribution in [2.24, 2.45) is 0 Å². The predicted octanol–water partition coefficient (Wildman–Crippen LogP) is 4.77. The third kappa shape index (κ3) is 5.41. The van der Waals surface area contributed by atoms with Crippen molar-refractivity contribution >= 4 is 28.5 Å². The fourth-order valence-corrected chi connectivity index (χ4v) is 3.49. The highest BCUT2D eigenvalue weighted by molar-refractivity contribution is 7.14. The van der Waals surface area contributed by atoms with Crippen molar-refractivity contribution < 1.29 is 19.0 Å². The first-order chi connectivity index (χ1) is 15.1. The van der Waals surface area contributed by atoms with Crippen LogP contribution in [0.25, 0.3) is 17.3 Å². The van der Waals surface area contributed by atoms with Gasteiger partial charge in [0.05, 0.1) is 26.5 Å². The van der Waals surface area contributed by atoms with E-state index in [1.165, 1.54) is 24.5 Å². The normalized spacial score (nSPS) is 10.8. The molecule has 0 atom stereocenters. The van der Waals surface area contributed by atoms with Crippen molar-refractivity contribution in [2.45, 2.75) is 6.92 Å². The minimum absolute atomic E-state index is 0.0515. The second kappa shape index (κ2) is 10.3. The molecule has 0 fully saturated rings. The van der Waals surface area contributed by atoms with E-state index in [1.54, 1.807) is 25.3 Å². The van der Waals surface area contributed by atoms with Crippen LogP contribution < -0.4 is 19.5 Å². The Bertz CT molecular complexity index is 1150. The summed E-state index contributed by atoms with van der Waals surface area (Å²) in [5.74, 6) is 1.30. The monoisotopic (exact) mass is 435 g/mol. The fourth-order valence-electron chi connectivity index (χ4n) is 2.77. The number of anilines is 1. The molecule has 1 heterocycles. The topological polar surface area (TPSA) is 93.5 Å². The number of nitriles is 1. The highest BCUT2D eigenvalue weighted by Gasteiger charge is 2.14. The van der Waals surface area contributed by atoms with Crippen LogP contribution in [0.1, 0.15) is 12.5 Å². The number of rotatable bonds is 8. The number of benzene rings is 2. The third-order valence-electron chi connectivity index (χ3n) is 4.25. The van der Waals surface area contributed by atoms with Gasteiger partial charge in [0.1, 0.15) is 17.4 Å². The lowest BCUT2D eigenvalue weighted by atomic mass is 10.1. The summed E-state index contributed by atoms with van der Waals surface area (Å²) in [6.45, 7) is 2.38. The van der Waals surface area contributed by atoms with Crippen LogP contribution >= 0.6 is 11.3 Å². The zero-order valence-corrected chi connectivity index (χ0v) is 18.2. The van der Waals surface area contributed by atoms with Crippen LogP contribution in [0.3, 0.4) is 0 Å². The fraction of sp³-hybridized carbons (Fsp3) is 0.174. The first-order valence-electron chi connectivity index (χ1n) is 9.41. The van der Waals surface area contributed by atoms with E-state index in [1.807, 2.05) is 42.6 Å². The Morgan fingerprint density at radius 1 is 1.19 bits per heavy atom. The van der Waals surface area contributed by atoms with Gasteiger partial charge in [0.2, 0.25) is 0 Å². The highest BCUT2D eigenvalue weighted by Crippen LogP contribution is 2.30. The van der Waals surface area contributed by atoms with E-state index in [0.29, 0.717) is 34.5 Å². The summed E-state index contributed by atoms with van der Waals surface area (Å²) in [7, 11) is 3.13. The molecule has 1 amide bonds. The van der Waals surface area contributed by atoms with Gasteiger partial charge in [-0.25, -0.2) is 4.98 Å². The van der Waals surface area contributed by atoms with E-state index in [4.69, 9.17) is 14.2 Å². The number of aromatic nitrogens is 1. The van der Waals surface area contributed by atoms with E-state index in [-0.39, 0.29) is 5.57 Å². The van der Waals surface area contributed by atoms with Crippen LogP contribution in [0.4, 0.5) is 5.13 Å². The molecule has 0 radical (unpaired) electrons. The summed E-state index contributed by atoms with van der Waals surface area (Å²) >= 11 is 1.28. The summed E-state index contributed by atoms with van der Waals surface area (Å²) in [5.41, 5.74) is 2.17. The summed E-state index contributed by atoms with van der Waals surface area (Å²) < 4.78 is 16.0. The van der Waals surface area contributed by atoms with Crippen molar-refractivity contribution in [3.63, 3.8) is 0 Å². The van der Waals surface area contributed by atoms with Gasteiger partial charge in [-0.15, -0.1) is 11.3 Å². The lowest BCUT2D eigenvalue weighted by molar-refractivity contribution is -0.112. The second-order valence-electron chi connectivity index (χ2n) is 6.24. The second-order valence-corrected chi connectivity index (χ2v) is 7.10. The van der Waals surface area contributed by atoms with Crippen LogP contribution in [0, 0.1) is 11.3 Å². The molecule has 2 aromatic carbocycles. The smallest absolute Gasteiger partial charge is 0.268 e.